The summed E-state index contributed by atoms with van der Waals surface area (Å²) < 4.78 is 2.19. The fraction of sp³-hybridized carbons (Fsp3) is 0.353. The number of aromatic nitrogens is 3. The fourth-order valence-corrected chi connectivity index (χ4v) is 6.91. The molecule has 43 heavy (non-hydrogen) atoms. The second kappa shape index (κ2) is 11.0. The molecule has 3 aliphatic rings. The smallest absolute Gasteiger partial charge is 0.245 e. The molecule has 0 bridgehead atoms. The lowest BCUT2D eigenvalue weighted by atomic mass is 9.72. The summed E-state index contributed by atoms with van der Waals surface area (Å²) in [6.07, 6.45) is 7.20. The molecule has 3 fully saturated rings. The molecule has 2 saturated heterocycles. The second-order valence-electron chi connectivity index (χ2n) is 12.4. The van der Waals surface area contributed by atoms with Gasteiger partial charge in [-0.1, -0.05) is 18.7 Å². The highest BCUT2D eigenvalue weighted by molar-refractivity contribution is 5.89. The van der Waals surface area contributed by atoms with E-state index in [2.05, 4.69) is 68.8 Å². The highest BCUT2D eigenvalue weighted by Gasteiger charge is 2.52. The van der Waals surface area contributed by atoms with E-state index in [1.807, 2.05) is 17.0 Å². The molecular formula is C34H37N7O2. The summed E-state index contributed by atoms with van der Waals surface area (Å²) in [5.41, 5.74) is 12.7. The molecule has 1 aromatic carbocycles. The van der Waals surface area contributed by atoms with Crippen LogP contribution in [0.4, 0.5) is 5.82 Å². The number of carbonyl (C=O) groups is 2. The molecule has 2 amide bonds. The molecule has 1 aliphatic carbocycles. The van der Waals surface area contributed by atoms with E-state index in [0.29, 0.717) is 18.3 Å². The van der Waals surface area contributed by atoms with Gasteiger partial charge >= 0.3 is 0 Å². The molecule has 1 saturated carbocycles. The number of benzene rings is 1. The number of anilines is 1. The molecule has 9 nitrogen and oxygen atoms in total. The van der Waals surface area contributed by atoms with E-state index < -0.39 is 0 Å². The lowest BCUT2D eigenvalue weighted by Crippen LogP contribution is -2.72. The lowest BCUT2D eigenvalue weighted by molar-refractivity contribution is -0.154. The molecule has 1 unspecified atom stereocenters. The third-order valence-corrected chi connectivity index (χ3v) is 9.30. The van der Waals surface area contributed by atoms with E-state index in [9.17, 15) is 9.59 Å². The van der Waals surface area contributed by atoms with Gasteiger partial charge in [0.15, 0.2) is 0 Å². The second-order valence-corrected chi connectivity index (χ2v) is 12.4. The molecule has 3 N–H and O–H groups in total. The highest BCUT2D eigenvalue weighted by Crippen LogP contribution is 2.42. The summed E-state index contributed by atoms with van der Waals surface area (Å²) in [7, 11) is 0. The average Bonchev–Trinajstić information content (AvgIpc) is 3.77. The third kappa shape index (κ3) is 5.18. The van der Waals surface area contributed by atoms with E-state index >= 15 is 0 Å². The predicted molar refractivity (Wildman–Crippen MR) is 168 cm³/mol. The molecular weight excluding hydrogens is 538 g/mol. The van der Waals surface area contributed by atoms with Crippen molar-refractivity contribution in [2.45, 2.75) is 31.1 Å². The van der Waals surface area contributed by atoms with Crippen LogP contribution in [0.2, 0.25) is 0 Å². The minimum Gasteiger partial charge on any atom is -0.383 e. The van der Waals surface area contributed by atoms with Gasteiger partial charge in [-0.05, 0) is 79.9 Å². The third-order valence-electron chi connectivity index (χ3n) is 9.30. The highest BCUT2D eigenvalue weighted by atomic mass is 16.2. The Kier molecular flexibility index (Phi) is 6.97. The van der Waals surface area contributed by atoms with Crippen molar-refractivity contribution in [2.75, 3.05) is 45.0 Å². The molecule has 7 rings (SSSR count). The first-order valence-electron chi connectivity index (χ1n) is 15.1. The largest absolute Gasteiger partial charge is 0.383 e. The minimum absolute atomic E-state index is 0.0237. The molecule has 2 aliphatic heterocycles. The van der Waals surface area contributed by atoms with Gasteiger partial charge in [-0.3, -0.25) is 14.2 Å². The van der Waals surface area contributed by atoms with Crippen LogP contribution in [0, 0.1) is 5.41 Å². The number of nitrogens with one attached hydrogen (secondary N) is 1. The van der Waals surface area contributed by atoms with Gasteiger partial charge in [0.05, 0.1) is 5.69 Å². The van der Waals surface area contributed by atoms with Crippen LogP contribution in [-0.2, 0) is 9.59 Å². The molecule has 3 aromatic heterocycles. The van der Waals surface area contributed by atoms with E-state index in [4.69, 9.17) is 10.7 Å². The van der Waals surface area contributed by atoms with Crippen LogP contribution in [0.5, 0.6) is 0 Å². The van der Waals surface area contributed by atoms with Gasteiger partial charge in [0.1, 0.15) is 11.5 Å². The van der Waals surface area contributed by atoms with Gasteiger partial charge in [0.2, 0.25) is 12.3 Å². The quantitative estimate of drug-likeness (QED) is 0.206. The van der Waals surface area contributed by atoms with Crippen molar-refractivity contribution in [1.29, 1.82) is 0 Å². The standard InChI is InChI=1S/C34H37N7O2/c1-2-31(43)40-20-34(21-40)18-39(19-34)15-13-26(17-36-22-42)23-7-10-27(11-8-23)41-30(28-4-3-14-37-32(28)35)16-25-9-12-29(24-5-6-24)38-33(25)41/h2-4,7-12,14,16,22,24,26H,1,5-6,13,15,17-21H2,(H2,35,37)(H,36,42). The van der Waals surface area contributed by atoms with Crippen molar-refractivity contribution in [3.8, 4) is 16.9 Å². The number of hydrogen-bond acceptors (Lipinski definition) is 6. The monoisotopic (exact) mass is 575 g/mol. The van der Waals surface area contributed by atoms with Crippen LogP contribution in [0.1, 0.15) is 42.4 Å². The van der Waals surface area contributed by atoms with Crippen molar-refractivity contribution < 1.29 is 9.59 Å². The van der Waals surface area contributed by atoms with E-state index in [-0.39, 0.29) is 17.2 Å². The normalized spacial score (nSPS) is 18.2. The number of carbonyl (C=O) groups excluding carboxylic acids is 2. The number of fused-ring (bicyclic) bond motifs is 1. The predicted octanol–water partition coefficient (Wildman–Crippen LogP) is 4.10. The van der Waals surface area contributed by atoms with Gasteiger partial charge in [0, 0.05) is 78.5 Å². The number of hydrogen-bond donors (Lipinski definition) is 2. The summed E-state index contributed by atoms with van der Waals surface area (Å²) in [5.74, 6) is 1.24. The number of nitrogens with two attached hydrogens (primary N) is 1. The summed E-state index contributed by atoms with van der Waals surface area (Å²) in [6.45, 7) is 8.80. The number of nitrogens with zero attached hydrogens (tertiary/aromatic N) is 5. The molecule has 4 aromatic rings. The Hall–Kier alpha value is -4.50. The minimum atomic E-state index is 0.0237. The van der Waals surface area contributed by atoms with E-state index in [0.717, 1.165) is 79.2 Å². The Morgan fingerprint density at radius 2 is 1.91 bits per heavy atom. The van der Waals surface area contributed by atoms with Gasteiger partial charge in [-0.15, -0.1) is 0 Å². The van der Waals surface area contributed by atoms with Crippen LogP contribution < -0.4 is 11.1 Å². The van der Waals surface area contributed by atoms with Gasteiger partial charge in [-0.25, -0.2) is 9.97 Å². The van der Waals surface area contributed by atoms with E-state index in [1.165, 1.54) is 24.5 Å². The van der Waals surface area contributed by atoms with Crippen LogP contribution in [0.15, 0.2) is 73.4 Å². The molecule has 0 radical (unpaired) electrons. The van der Waals surface area contributed by atoms with Crippen LogP contribution in [0.25, 0.3) is 28.0 Å². The zero-order valence-corrected chi connectivity index (χ0v) is 24.3. The SMILES string of the molecule is C=CC(=O)N1CC2(CN(CCC(CNC=O)c3ccc(-n4c(-c5cccnc5N)cc5ccc(C6CC6)nc54)cc3)C2)C1. The summed E-state index contributed by atoms with van der Waals surface area (Å²) in [5, 5.41) is 3.97. The number of pyridine rings is 2. The molecule has 1 atom stereocenters. The van der Waals surface area contributed by atoms with Crippen LogP contribution in [0.3, 0.4) is 0 Å². The van der Waals surface area contributed by atoms with E-state index in [1.54, 1.807) is 6.20 Å². The maximum absolute atomic E-state index is 11.8. The van der Waals surface area contributed by atoms with Crippen molar-refractivity contribution in [3.05, 3.63) is 84.7 Å². The first-order valence-corrected chi connectivity index (χ1v) is 15.1. The summed E-state index contributed by atoms with van der Waals surface area (Å²) in [4.78, 5) is 36.8. The van der Waals surface area contributed by atoms with Crippen molar-refractivity contribution in [1.82, 2.24) is 29.7 Å². The number of nitrogen functional groups attached to an aromatic ring is 1. The van der Waals surface area contributed by atoms with Gasteiger partial charge in [0.25, 0.3) is 0 Å². The molecule has 9 heteroatoms. The number of rotatable bonds is 11. The summed E-state index contributed by atoms with van der Waals surface area (Å²) >= 11 is 0. The maximum Gasteiger partial charge on any atom is 0.245 e. The van der Waals surface area contributed by atoms with Crippen molar-refractivity contribution >= 4 is 29.2 Å². The maximum atomic E-state index is 11.8. The Morgan fingerprint density at radius 3 is 2.60 bits per heavy atom. The topological polar surface area (TPSA) is 109 Å². The van der Waals surface area contributed by atoms with Crippen LogP contribution >= 0.6 is 0 Å². The zero-order chi connectivity index (χ0) is 29.6. The zero-order valence-electron chi connectivity index (χ0n) is 24.3. The lowest BCUT2D eigenvalue weighted by Gasteiger charge is -2.60. The Balaban J connectivity index is 1.12. The van der Waals surface area contributed by atoms with Gasteiger partial charge < -0.3 is 20.9 Å². The summed E-state index contributed by atoms with van der Waals surface area (Å²) in [6, 6.07) is 19.0. The fourth-order valence-electron chi connectivity index (χ4n) is 6.91. The molecule has 5 heterocycles. The average molecular weight is 576 g/mol. The molecule has 1 spiro atoms. The molecule has 220 valence electrons. The first kappa shape index (κ1) is 27.3. The van der Waals surface area contributed by atoms with Crippen molar-refractivity contribution in [2.24, 2.45) is 5.41 Å². The Morgan fingerprint density at radius 1 is 1.12 bits per heavy atom. The van der Waals surface area contributed by atoms with Crippen molar-refractivity contribution in [3.63, 3.8) is 0 Å². The Labute approximate surface area is 251 Å². The Bertz CT molecular complexity index is 1680. The first-order chi connectivity index (χ1) is 21.0. The number of amides is 2. The van der Waals surface area contributed by atoms with Crippen LogP contribution in [-0.4, -0.2) is 75.9 Å². The van der Waals surface area contributed by atoms with Gasteiger partial charge in [-0.2, -0.15) is 0 Å². The number of likely N-dealkylation sites (tertiary alicyclic amines) is 2.